The van der Waals surface area contributed by atoms with Gasteiger partial charge in [0.1, 0.15) is 13.2 Å². The van der Waals surface area contributed by atoms with Gasteiger partial charge in [-0.3, -0.25) is 18.9 Å². The van der Waals surface area contributed by atoms with Crippen molar-refractivity contribution in [2.45, 2.75) is 56.4 Å². The van der Waals surface area contributed by atoms with Crippen molar-refractivity contribution >= 4 is 27.5 Å². The predicted octanol–water partition coefficient (Wildman–Crippen LogP) is 2.61. The van der Waals surface area contributed by atoms with Gasteiger partial charge < -0.3 is 10.2 Å². The molecule has 7 nitrogen and oxygen atoms in total. The number of hydrogen-bond acceptors (Lipinski definition) is 6. The number of aryl methyl sites for hydroxylation is 1. The lowest BCUT2D eigenvalue weighted by Crippen LogP contribution is -2.39. The van der Waals surface area contributed by atoms with Crippen LogP contribution in [0.5, 0.6) is 0 Å². The number of halogens is 1. The Morgan fingerprint density at radius 1 is 1.26 bits per heavy atom. The Hall–Kier alpha value is -0.770. The van der Waals surface area contributed by atoms with Crippen molar-refractivity contribution < 1.29 is 15.1 Å². The molecule has 9 heteroatoms. The molecule has 134 valence electrons. The van der Waals surface area contributed by atoms with Gasteiger partial charge >= 0.3 is 4.45 Å². The molecule has 0 bridgehead atoms. The first-order valence-electron chi connectivity index (χ1n) is 7.61. The van der Waals surface area contributed by atoms with E-state index in [1.165, 1.54) is 43.6 Å². The monoisotopic (exact) mass is 412 g/mol. The number of aliphatic hydroxyl groups excluding tert-OH is 2. The summed E-state index contributed by atoms with van der Waals surface area (Å²) < 4.78 is 0.0623. The van der Waals surface area contributed by atoms with Crippen molar-refractivity contribution in [1.29, 1.82) is 0 Å². The second kappa shape index (κ2) is 12.6. The summed E-state index contributed by atoms with van der Waals surface area (Å²) in [5, 5.41) is 28.4. The van der Waals surface area contributed by atoms with Crippen LogP contribution in [-0.4, -0.2) is 36.8 Å². The molecule has 0 saturated carbocycles. The molecule has 0 fully saturated rings. The van der Waals surface area contributed by atoms with Crippen molar-refractivity contribution in [3.05, 3.63) is 31.9 Å². The Morgan fingerprint density at radius 3 is 2.22 bits per heavy atom. The van der Waals surface area contributed by atoms with Crippen molar-refractivity contribution in [2.75, 3.05) is 13.2 Å². The van der Waals surface area contributed by atoms with Gasteiger partial charge in [-0.15, -0.1) is 0 Å². The third-order valence-electron chi connectivity index (χ3n) is 3.17. The summed E-state index contributed by atoms with van der Waals surface area (Å²) in [5.74, 6) is 0. The van der Waals surface area contributed by atoms with Crippen LogP contribution in [0.3, 0.4) is 0 Å². The molecule has 0 aliphatic carbocycles. The maximum absolute atomic E-state index is 11.2. The van der Waals surface area contributed by atoms with Gasteiger partial charge in [0.25, 0.3) is 5.56 Å². The fourth-order valence-electron chi connectivity index (χ4n) is 1.66. The third-order valence-corrected chi connectivity index (χ3v) is 4.84. The highest BCUT2D eigenvalue weighted by molar-refractivity contribution is 9.10. The average molecular weight is 413 g/mol. The molecule has 0 amide bonds. The summed E-state index contributed by atoms with van der Waals surface area (Å²) >= 11 is 4.07. The summed E-state index contributed by atoms with van der Waals surface area (Å²) in [6.07, 6.45) is 7.70. The normalized spacial score (nSPS) is 11.0. The van der Waals surface area contributed by atoms with Crippen LogP contribution in [-0.2, 0) is 6.54 Å². The van der Waals surface area contributed by atoms with E-state index in [-0.39, 0.29) is 5.56 Å². The minimum atomic E-state index is -1.77. The van der Waals surface area contributed by atoms with E-state index >= 15 is 0 Å². The van der Waals surface area contributed by atoms with Gasteiger partial charge in [-0.25, -0.2) is 0 Å². The Morgan fingerprint density at radius 2 is 1.83 bits per heavy atom. The number of aliphatic hydroxyl groups is 2. The SMILES string of the molecule is CCCCCCCCn1sccc1=O.O=[N+]([O-])C(Br)(CO)CO. The molecule has 0 aromatic carbocycles. The van der Waals surface area contributed by atoms with Gasteiger partial charge in [-0.2, -0.15) is 0 Å². The molecule has 23 heavy (non-hydrogen) atoms. The fraction of sp³-hybridized carbons (Fsp3) is 0.786. The summed E-state index contributed by atoms with van der Waals surface area (Å²) in [5.41, 5.74) is 0.156. The molecule has 0 radical (unpaired) electrons. The van der Waals surface area contributed by atoms with Crippen molar-refractivity contribution in [2.24, 2.45) is 0 Å². The molecular weight excluding hydrogens is 388 g/mol. The van der Waals surface area contributed by atoms with Crippen molar-refractivity contribution in [3.8, 4) is 0 Å². The van der Waals surface area contributed by atoms with E-state index in [0.717, 1.165) is 13.0 Å². The maximum atomic E-state index is 11.2. The van der Waals surface area contributed by atoms with Crippen molar-refractivity contribution in [3.63, 3.8) is 0 Å². The largest absolute Gasteiger partial charge is 0.388 e. The summed E-state index contributed by atoms with van der Waals surface area (Å²) in [4.78, 5) is 20.3. The lowest BCUT2D eigenvalue weighted by Gasteiger charge is -2.11. The smallest absolute Gasteiger partial charge is 0.319 e. The Bertz CT molecular complexity index is 488. The van der Waals surface area contributed by atoms with Crippen LogP contribution in [0.15, 0.2) is 16.2 Å². The summed E-state index contributed by atoms with van der Waals surface area (Å²) in [6.45, 7) is 1.68. The maximum Gasteiger partial charge on any atom is 0.319 e. The van der Waals surface area contributed by atoms with E-state index in [9.17, 15) is 14.9 Å². The van der Waals surface area contributed by atoms with E-state index in [4.69, 9.17) is 10.2 Å². The summed E-state index contributed by atoms with van der Waals surface area (Å²) in [6, 6.07) is 1.64. The zero-order valence-corrected chi connectivity index (χ0v) is 15.7. The van der Waals surface area contributed by atoms with Crippen LogP contribution < -0.4 is 5.56 Å². The standard InChI is InChI=1S/C11H19NOS.C3H6BrNO4/c1-2-3-4-5-6-7-9-12-11(13)8-10-14-12;4-3(1-6,2-7)5(8)9/h8,10H,2-7,9H2,1H3;6-7H,1-2H2. The van der Waals surface area contributed by atoms with Gasteiger partial charge in [0.05, 0.1) is 0 Å². The van der Waals surface area contributed by atoms with Gasteiger partial charge in [0, 0.05) is 38.8 Å². The van der Waals surface area contributed by atoms with E-state index < -0.39 is 22.6 Å². The molecule has 0 atom stereocenters. The highest BCUT2D eigenvalue weighted by Gasteiger charge is 2.38. The molecular formula is C14H25BrN2O5S. The van der Waals surface area contributed by atoms with Crippen LogP contribution in [0, 0.1) is 10.1 Å². The molecule has 0 aliphatic rings. The lowest BCUT2D eigenvalue weighted by molar-refractivity contribution is -0.542. The van der Waals surface area contributed by atoms with Crippen molar-refractivity contribution in [1.82, 2.24) is 3.96 Å². The van der Waals surface area contributed by atoms with Crippen LogP contribution in [0.25, 0.3) is 0 Å². The fourth-order valence-corrected chi connectivity index (χ4v) is 2.38. The number of rotatable bonds is 10. The number of aromatic nitrogens is 1. The number of hydrogen-bond donors (Lipinski definition) is 2. The molecule has 1 heterocycles. The molecule has 0 aliphatic heterocycles. The van der Waals surface area contributed by atoms with Gasteiger partial charge in [-0.05, 0) is 6.42 Å². The summed E-state index contributed by atoms with van der Waals surface area (Å²) in [7, 11) is 0. The number of nitrogens with zero attached hydrogens (tertiary/aromatic N) is 2. The average Bonchev–Trinajstić information content (AvgIpc) is 2.95. The van der Waals surface area contributed by atoms with Crippen LogP contribution >= 0.6 is 27.5 Å². The highest BCUT2D eigenvalue weighted by Crippen LogP contribution is 2.16. The molecule has 1 aromatic rings. The Labute approximate surface area is 148 Å². The zero-order chi connectivity index (χ0) is 17.7. The zero-order valence-electron chi connectivity index (χ0n) is 13.3. The van der Waals surface area contributed by atoms with E-state index in [2.05, 4.69) is 22.9 Å². The van der Waals surface area contributed by atoms with Gasteiger partial charge in [0.2, 0.25) is 0 Å². The molecule has 2 N–H and O–H groups in total. The molecule has 1 rings (SSSR count). The number of alkyl halides is 1. The van der Waals surface area contributed by atoms with Gasteiger partial charge in [-0.1, -0.05) is 50.6 Å². The quantitative estimate of drug-likeness (QED) is 0.202. The van der Waals surface area contributed by atoms with Crippen LogP contribution in [0.4, 0.5) is 0 Å². The Kier molecular flexibility index (Phi) is 12.2. The minimum absolute atomic E-state index is 0.156. The predicted molar refractivity (Wildman–Crippen MR) is 94.8 cm³/mol. The Balaban J connectivity index is 0.000000468. The highest BCUT2D eigenvalue weighted by atomic mass is 79.9. The number of unbranched alkanes of at least 4 members (excludes halogenated alkanes) is 5. The molecule has 1 aromatic heterocycles. The van der Waals surface area contributed by atoms with Crippen LogP contribution in [0.1, 0.15) is 45.4 Å². The van der Waals surface area contributed by atoms with Gasteiger partial charge in [0.15, 0.2) is 0 Å². The first-order valence-corrected chi connectivity index (χ1v) is 9.24. The molecule has 0 saturated heterocycles. The van der Waals surface area contributed by atoms with E-state index in [0.29, 0.717) is 0 Å². The first kappa shape index (κ1) is 22.2. The van der Waals surface area contributed by atoms with Crippen LogP contribution in [0.2, 0.25) is 0 Å². The second-order valence-corrected chi connectivity index (χ2v) is 7.51. The van der Waals surface area contributed by atoms with E-state index in [1.54, 1.807) is 6.07 Å². The number of nitro groups is 1. The van der Waals surface area contributed by atoms with E-state index in [1.807, 2.05) is 9.34 Å². The molecule has 0 unspecified atom stereocenters. The first-order chi connectivity index (χ1) is 10.9. The lowest BCUT2D eigenvalue weighted by atomic mass is 10.1. The molecule has 0 spiro atoms. The third kappa shape index (κ3) is 9.19. The topological polar surface area (TPSA) is 106 Å². The second-order valence-electron chi connectivity index (χ2n) is 5.11. The minimum Gasteiger partial charge on any atom is -0.388 e.